The first-order valence-electron chi connectivity index (χ1n) is 15.5. The highest BCUT2D eigenvalue weighted by Crippen LogP contribution is 2.34. The number of anilines is 2. The first-order valence-corrected chi connectivity index (χ1v) is 15.5. The van der Waals surface area contributed by atoms with Crippen molar-refractivity contribution in [2.75, 3.05) is 36.8 Å². The van der Waals surface area contributed by atoms with Crippen molar-refractivity contribution in [2.45, 2.75) is 39.8 Å². The molecule has 6 rings (SSSR count). The van der Waals surface area contributed by atoms with Gasteiger partial charge >= 0.3 is 11.9 Å². The molecule has 246 valence electrons. The van der Waals surface area contributed by atoms with E-state index in [0.29, 0.717) is 50.4 Å². The number of benzene rings is 2. The molecule has 0 saturated carbocycles. The summed E-state index contributed by atoms with van der Waals surface area (Å²) >= 11 is 0. The van der Waals surface area contributed by atoms with Crippen LogP contribution in [-0.2, 0) is 35.5 Å². The third-order valence-corrected chi connectivity index (χ3v) is 8.60. The van der Waals surface area contributed by atoms with Crippen molar-refractivity contribution in [1.82, 2.24) is 29.7 Å². The van der Waals surface area contributed by atoms with E-state index in [1.54, 1.807) is 34.3 Å². The van der Waals surface area contributed by atoms with Crippen molar-refractivity contribution in [2.24, 2.45) is 0 Å². The van der Waals surface area contributed by atoms with Crippen LogP contribution in [0.2, 0.25) is 0 Å². The monoisotopic (exact) mass is 650 g/mol. The Labute approximate surface area is 275 Å². The van der Waals surface area contributed by atoms with E-state index in [1.807, 2.05) is 38.1 Å². The Morgan fingerprint density at radius 1 is 0.688 bits per heavy atom. The summed E-state index contributed by atoms with van der Waals surface area (Å²) in [5.41, 5.74) is 7.62. The van der Waals surface area contributed by atoms with Gasteiger partial charge in [-0.25, -0.2) is 19.9 Å². The summed E-state index contributed by atoms with van der Waals surface area (Å²) in [5.74, 6) is -2.63. The second-order valence-electron chi connectivity index (χ2n) is 11.9. The Hall–Kier alpha value is -5.60. The maximum absolute atomic E-state index is 13.2. The van der Waals surface area contributed by atoms with Gasteiger partial charge in [0.25, 0.3) is 11.8 Å². The molecule has 4 aromatic rings. The Bertz CT molecular complexity index is 1810. The van der Waals surface area contributed by atoms with Gasteiger partial charge in [-0.2, -0.15) is 0 Å². The zero-order chi connectivity index (χ0) is 33.9. The average Bonchev–Trinajstić information content (AvgIpc) is 3.05. The Kier molecular flexibility index (Phi) is 9.19. The van der Waals surface area contributed by atoms with E-state index in [-0.39, 0.29) is 24.7 Å². The quantitative estimate of drug-likeness (QED) is 0.207. The fourth-order valence-electron chi connectivity index (χ4n) is 6.10. The molecule has 0 fully saturated rings. The van der Waals surface area contributed by atoms with E-state index in [9.17, 15) is 19.2 Å². The number of carbonyl (C=O) groups is 4. The lowest BCUT2D eigenvalue weighted by atomic mass is 9.94. The molecular formula is C34H34N8O6. The summed E-state index contributed by atoms with van der Waals surface area (Å²) in [6.07, 6.45) is 4.22. The van der Waals surface area contributed by atoms with Gasteiger partial charge in [-0.15, -0.1) is 0 Å². The molecule has 2 aromatic carbocycles. The summed E-state index contributed by atoms with van der Waals surface area (Å²) in [5, 5.41) is 24.0. The molecule has 2 amide bonds. The van der Waals surface area contributed by atoms with Gasteiger partial charge in [-0.05, 0) is 48.2 Å². The predicted molar refractivity (Wildman–Crippen MR) is 175 cm³/mol. The van der Waals surface area contributed by atoms with Crippen LogP contribution < -0.4 is 10.6 Å². The number of fused-ring (bicyclic) bond motifs is 2. The first-order chi connectivity index (χ1) is 23.0. The minimum Gasteiger partial charge on any atom is -0.480 e. The van der Waals surface area contributed by atoms with Gasteiger partial charge in [0.1, 0.15) is 0 Å². The van der Waals surface area contributed by atoms with Gasteiger partial charge in [0.05, 0.1) is 24.5 Å². The summed E-state index contributed by atoms with van der Waals surface area (Å²) in [4.78, 5) is 69.7. The highest BCUT2D eigenvalue weighted by atomic mass is 16.4. The molecule has 14 heteroatoms. The largest absolute Gasteiger partial charge is 0.480 e. The average molecular weight is 651 g/mol. The molecule has 0 bridgehead atoms. The van der Waals surface area contributed by atoms with Crippen LogP contribution in [0.5, 0.6) is 0 Å². The second kappa shape index (κ2) is 13.6. The number of nitrogens with zero attached hydrogens (tertiary/aromatic N) is 6. The number of nitrogens with one attached hydrogen (secondary N) is 2. The molecule has 0 saturated heterocycles. The van der Waals surface area contributed by atoms with Crippen molar-refractivity contribution in [3.63, 3.8) is 0 Å². The highest BCUT2D eigenvalue weighted by molar-refractivity contribution is 6.04. The van der Waals surface area contributed by atoms with Crippen molar-refractivity contribution < 1.29 is 29.4 Å². The van der Waals surface area contributed by atoms with Crippen molar-refractivity contribution in [3.8, 4) is 11.1 Å². The Morgan fingerprint density at radius 2 is 1.10 bits per heavy atom. The van der Waals surface area contributed by atoms with Crippen LogP contribution in [0.25, 0.3) is 11.1 Å². The predicted octanol–water partition coefficient (Wildman–Crippen LogP) is 2.94. The number of aliphatic carboxylic acids is 2. The van der Waals surface area contributed by atoms with E-state index >= 15 is 0 Å². The van der Waals surface area contributed by atoms with Crippen molar-refractivity contribution >= 4 is 35.1 Å². The number of carboxylic acid groups (broad SMARTS) is 2. The zero-order valence-corrected chi connectivity index (χ0v) is 26.5. The first kappa shape index (κ1) is 32.3. The third-order valence-electron chi connectivity index (χ3n) is 8.60. The lowest BCUT2D eigenvalue weighted by Gasteiger charge is -2.26. The maximum Gasteiger partial charge on any atom is 0.317 e. The maximum atomic E-state index is 13.2. The molecule has 14 nitrogen and oxygen atoms in total. The standard InChI is InChI=1S/C34H34N8O6/c1-19-23(5-3-7-25(19)39-33(47)31-35-13-21-15-41(17-29(43)44)11-9-27(21)37-31)24-6-4-8-26(20(24)2)40-34(48)32-36-14-22-16-42(18-30(45)46)12-10-28(22)38-32/h3-8,13-14H,9-12,15-18H2,1-2H3,(H,39,47)(H,40,48)(H,43,44)(H,45,46). The molecule has 0 radical (unpaired) electrons. The SMILES string of the molecule is Cc1c(NC(=O)c2ncc3c(n2)CCN(CC(=O)O)C3)cccc1-c1cccc(NC(=O)c2ncc3c(n2)CCN(CC(=O)O)C3)c1C. The lowest BCUT2D eigenvalue weighted by molar-refractivity contribution is -0.139. The van der Waals surface area contributed by atoms with Crippen LogP contribution >= 0.6 is 0 Å². The minimum atomic E-state index is -0.894. The summed E-state index contributed by atoms with van der Waals surface area (Å²) in [6.45, 7) is 5.58. The zero-order valence-electron chi connectivity index (χ0n) is 26.5. The molecule has 0 unspecified atom stereocenters. The van der Waals surface area contributed by atoms with E-state index in [0.717, 1.165) is 44.8 Å². The number of aromatic nitrogens is 4. The molecular weight excluding hydrogens is 616 g/mol. The number of rotatable bonds is 9. The summed E-state index contributed by atoms with van der Waals surface area (Å²) in [6, 6.07) is 11.2. The van der Waals surface area contributed by atoms with Crippen molar-refractivity contribution in [1.29, 1.82) is 0 Å². The molecule has 48 heavy (non-hydrogen) atoms. The van der Waals surface area contributed by atoms with Crippen LogP contribution in [0.4, 0.5) is 11.4 Å². The molecule has 4 heterocycles. The van der Waals surface area contributed by atoms with Crippen molar-refractivity contribution in [3.05, 3.63) is 94.1 Å². The minimum absolute atomic E-state index is 0.0353. The molecule has 2 aromatic heterocycles. The molecule has 2 aliphatic heterocycles. The topological polar surface area (TPSA) is 191 Å². The van der Waals surface area contributed by atoms with E-state index in [1.165, 1.54) is 0 Å². The van der Waals surface area contributed by atoms with Gasteiger partial charge in [0.2, 0.25) is 11.6 Å². The van der Waals surface area contributed by atoms with Gasteiger partial charge in [-0.3, -0.25) is 29.0 Å². The fourth-order valence-corrected chi connectivity index (χ4v) is 6.10. The van der Waals surface area contributed by atoms with E-state index in [2.05, 4.69) is 30.6 Å². The molecule has 0 atom stereocenters. The number of carbonyl (C=O) groups excluding carboxylic acids is 2. The van der Waals surface area contributed by atoms with E-state index < -0.39 is 23.8 Å². The fraction of sp³-hybridized carbons (Fsp3) is 0.294. The van der Waals surface area contributed by atoms with E-state index in [4.69, 9.17) is 10.2 Å². The van der Waals surface area contributed by atoms with Gasteiger partial charge < -0.3 is 20.8 Å². The number of hydrogen-bond acceptors (Lipinski definition) is 10. The number of hydrogen-bond donors (Lipinski definition) is 4. The second-order valence-corrected chi connectivity index (χ2v) is 11.9. The Balaban J connectivity index is 1.16. The highest BCUT2D eigenvalue weighted by Gasteiger charge is 2.24. The Morgan fingerprint density at radius 3 is 1.50 bits per heavy atom. The van der Waals surface area contributed by atoms with Gasteiger partial charge in [0, 0.05) is 73.9 Å². The van der Waals surface area contributed by atoms with Crippen LogP contribution in [0.1, 0.15) is 54.9 Å². The van der Waals surface area contributed by atoms with Crippen LogP contribution in [-0.4, -0.2) is 89.9 Å². The smallest absolute Gasteiger partial charge is 0.317 e. The normalized spacial score (nSPS) is 14.5. The van der Waals surface area contributed by atoms with Gasteiger partial charge in [-0.1, -0.05) is 24.3 Å². The summed E-state index contributed by atoms with van der Waals surface area (Å²) < 4.78 is 0. The van der Waals surface area contributed by atoms with Gasteiger partial charge in [0.15, 0.2) is 0 Å². The lowest BCUT2D eigenvalue weighted by Crippen LogP contribution is -2.35. The number of carboxylic acids is 2. The molecule has 2 aliphatic rings. The molecule has 4 N–H and O–H groups in total. The molecule has 0 spiro atoms. The van der Waals surface area contributed by atoms with Crippen LogP contribution in [0.15, 0.2) is 48.8 Å². The van der Waals surface area contributed by atoms with Crippen LogP contribution in [0, 0.1) is 13.8 Å². The molecule has 0 aliphatic carbocycles. The number of amides is 2. The summed E-state index contributed by atoms with van der Waals surface area (Å²) in [7, 11) is 0. The van der Waals surface area contributed by atoms with Crippen LogP contribution in [0.3, 0.4) is 0 Å². The third kappa shape index (κ3) is 7.04.